The Kier molecular flexibility index (Phi) is 16.4. The molecule has 2 aromatic carbocycles. The van der Waals surface area contributed by atoms with Gasteiger partial charge < -0.3 is 30.2 Å². The number of carbonyl (C=O) groups excluding carboxylic acids is 2. The Morgan fingerprint density at radius 2 is 0.938 bits per heavy atom. The molecule has 1 saturated carbocycles. The van der Waals surface area contributed by atoms with E-state index in [0.717, 1.165) is 113 Å². The van der Waals surface area contributed by atoms with Crippen LogP contribution in [0.5, 0.6) is 0 Å². The quantitative estimate of drug-likeness (QED) is 0.167. The predicted molar refractivity (Wildman–Crippen MR) is 206 cm³/mol. The van der Waals surface area contributed by atoms with Crippen LogP contribution in [-0.4, -0.2) is 75.2 Å². The number of benzene rings is 2. The first-order chi connectivity index (χ1) is 23.1. The van der Waals surface area contributed by atoms with Crippen LogP contribution in [-0.2, 0) is 0 Å². The lowest BCUT2D eigenvalue weighted by Gasteiger charge is -2.40. The molecule has 0 radical (unpaired) electrons. The minimum atomic E-state index is 0.00821. The average molecular weight is 663 g/mol. The van der Waals surface area contributed by atoms with E-state index in [1.54, 1.807) is 0 Å². The molecule has 0 aliphatic heterocycles. The predicted octanol–water partition coefficient (Wildman–Crippen LogP) is 9.93. The van der Waals surface area contributed by atoms with Crippen molar-refractivity contribution >= 4 is 34.8 Å². The molecular weight excluding hydrogens is 596 g/mol. The number of urea groups is 2. The first-order valence-corrected chi connectivity index (χ1v) is 18.8. The molecule has 0 saturated heterocycles. The lowest BCUT2D eigenvalue weighted by Crippen LogP contribution is -2.48. The van der Waals surface area contributed by atoms with Gasteiger partial charge in [0.25, 0.3) is 0 Å². The van der Waals surface area contributed by atoms with Gasteiger partial charge in [0.2, 0.25) is 0 Å². The highest BCUT2D eigenvalue weighted by Crippen LogP contribution is 2.33. The summed E-state index contributed by atoms with van der Waals surface area (Å²) in [6.45, 7) is 10.4. The highest BCUT2D eigenvalue weighted by molar-refractivity contribution is 5.90. The van der Waals surface area contributed by atoms with E-state index in [4.69, 9.17) is 0 Å². The third-order valence-corrected chi connectivity index (χ3v) is 9.96. The summed E-state index contributed by atoms with van der Waals surface area (Å²) in [6, 6.07) is 16.6. The molecule has 8 nitrogen and oxygen atoms in total. The van der Waals surface area contributed by atoms with E-state index in [1.807, 2.05) is 76.7 Å². The second-order valence-electron chi connectivity index (χ2n) is 14.4. The number of nitrogens with one attached hydrogen (secondary N) is 2. The highest BCUT2D eigenvalue weighted by atomic mass is 16.2. The molecule has 0 unspecified atom stereocenters. The topological polar surface area (TPSA) is 71.2 Å². The van der Waals surface area contributed by atoms with Crippen molar-refractivity contribution in [2.75, 3.05) is 61.7 Å². The summed E-state index contributed by atoms with van der Waals surface area (Å²) in [4.78, 5) is 36.3. The van der Waals surface area contributed by atoms with Crippen LogP contribution < -0.4 is 20.4 Å². The first-order valence-electron chi connectivity index (χ1n) is 18.8. The maximum absolute atomic E-state index is 14.0. The molecule has 268 valence electrons. The molecule has 8 heteroatoms. The molecular formula is C40H66N6O2. The fourth-order valence-corrected chi connectivity index (χ4v) is 7.41. The molecule has 2 atom stereocenters. The van der Waals surface area contributed by atoms with Gasteiger partial charge in [-0.3, -0.25) is 0 Å². The zero-order valence-electron chi connectivity index (χ0n) is 31.4. The average Bonchev–Trinajstić information content (AvgIpc) is 3.06. The second kappa shape index (κ2) is 20.2. The van der Waals surface area contributed by atoms with Gasteiger partial charge in [0.1, 0.15) is 0 Å². The van der Waals surface area contributed by atoms with Crippen molar-refractivity contribution in [3.8, 4) is 0 Å². The second-order valence-corrected chi connectivity index (χ2v) is 14.4. The van der Waals surface area contributed by atoms with Gasteiger partial charge in [-0.05, 0) is 105 Å². The standard InChI is InChI=1S/C40H66N6O2/c1-9-14-37(15-10-2)45(39(47)41-33-20-24-35(25-21-33)43(5)6)29-31-18-13-19-32(28-31)30-46(38(16-11-3)17-12-4)40(48)42-34-22-26-36(27-23-34)44(7)8/h20-27,31-32,37-38H,9-19,28-30H2,1-8H3,(H,41,47)(H,42,48)/t31-,32+. The number of nitrogens with zero attached hydrogens (tertiary/aromatic N) is 4. The number of hydrogen-bond acceptors (Lipinski definition) is 4. The van der Waals surface area contributed by atoms with Crippen molar-refractivity contribution < 1.29 is 9.59 Å². The van der Waals surface area contributed by atoms with Gasteiger partial charge in [-0.1, -0.05) is 59.8 Å². The number of rotatable bonds is 18. The van der Waals surface area contributed by atoms with Crippen LogP contribution in [0, 0.1) is 11.8 Å². The minimum Gasteiger partial charge on any atom is -0.378 e. The SMILES string of the molecule is CCCC(CCC)N(C[C@@H]1CCC[C@H](CN(C(=O)Nc2ccc(N(C)C)cc2)C(CCC)CCC)C1)C(=O)Nc1ccc(N(C)C)cc1. The van der Waals surface area contributed by atoms with Gasteiger partial charge in [-0.25, -0.2) is 9.59 Å². The molecule has 2 N–H and O–H groups in total. The zero-order valence-corrected chi connectivity index (χ0v) is 31.4. The Morgan fingerprint density at radius 1 is 0.604 bits per heavy atom. The smallest absolute Gasteiger partial charge is 0.322 e. The third kappa shape index (κ3) is 11.9. The lowest BCUT2D eigenvalue weighted by atomic mass is 9.80. The van der Waals surface area contributed by atoms with Gasteiger partial charge in [-0.15, -0.1) is 0 Å². The maximum Gasteiger partial charge on any atom is 0.322 e. The van der Waals surface area contributed by atoms with Crippen molar-refractivity contribution in [3.63, 3.8) is 0 Å². The molecule has 4 amide bonds. The van der Waals surface area contributed by atoms with Gasteiger partial charge in [0, 0.05) is 76.1 Å². The molecule has 1 aliphatic carbocycles. The summed E-state index contributed by atoms with van der Waals surface area (Å²) in [5.74, 6) is 0.835. The molecule has 1 aliphatic rings. The van der Waals surface area contributed by atoms with Gasteiger partial charge >= 0.3 is 12.1 Å². The number of carbonyl (C=O) groups is 2. The monoisotopic (exact) mass is 663 g/mol. The van der Waals surface area contributed by atoms with Crippen LogP contribution in [0.1, 0.15) is 105 Å². The maximum atomic E-state index is 14.0. The molecule has 2 aromatic rings. The molecule has 0 aromatic heterocycles. The Hall–Kier alpha value is -3.42. The van der Waals surface area contributed by atoms with Crippen LogP contribution in [0.3, 0.4) is 0 Å². The van der Waals surface area contributed by atoms with E-state index in [2.05, 4.69) is 57.9 Å². The van der Waals surface area contributed by atoms with Crippen LogP contribution in [0.2, 0.25) is 0 Å². The fourth-order valence-electron chi connectivity index (χ4n) is 7.41. The number of hydrogen-bond donors (Lipinski definition) is 2. The van der Waals surface area contributed by atoms with Gasteiger partial charge in [0.05, 0.1) is 0 Å². The molecule has 0 bridgehead atoms. The van der Waals surface area contributed by atoms with Crippen LogP contribution >= 0.6 is 0 Å². The minimum absolute atomic E-state index is 0.00821. The first kappa shape index (κ1) is 39.0. The Bertz CT molecular complexity index is 1110. The van der Waals surface area contributed by atoms with Crippen LogP contribution in [0.25, 0.3) is 0 Å². The van der Waals surface area contributed by atoms with E-state index >= 15 is 0 Å². The number of anilines is 4. The normalized spacial score (nSPS) is 16.1. The summed E-state index contributed by atoms with van der Waals surface area (Å²) in [5, 5.41) is 6.47. The van der Waals surface area contributed by atoms with E-state index in [9.17, 15) is 9.59 Å². The van der Waals surface area contributed by atoms with Crippen molar-refractivity contribution in [1.82, 2.24) is 9.80 Å². The van der Waals surface area contributed by atoms with E-state index in [-0.39, 0.29) is 24.1 Å². The summed E-state index contributed by atoms with van der Waals surface area (Å²) in [7, 11) is 8.10. The van der Waals surface area contributed by atoms with Crippen molar-refractivity contribution in [2.45, 2.75) is 117 Å². The van der Waals surface area contributed by atoms with Crippen molar-refractivity contribution in [2.24, 2.45) is 11.8 Å². The molecule has 0 heterocycles. The number of amides is 4. The van der Waals surface area contributed by atoms with Gasteiger partial charge in [0.15, 0.2) is 0 Å². The summed E-state index contributed by atoms with van der Waals surface area (Å²) >= 11 is 0. The molecule has 3 rings (SSSR count). The van der Waals surface area contributed by atoms with Crippen molar-refractivity contribution in [3.05, 3.63) is 48.5 Å². The van der Waals surface area contributed by atoms with Crippen LogP contribution in [0.15, 0.2) is 48.5 Å². The molecule has 0 spiro atoms. The third-order valence-electron chi connectivity index (χ3n) is 9.96. The largest absolute Gasteiger partial charge is 0.378 e. The van der Waals surface area contributed by atoms with E-state index in [0.29, 0.717) is 11.8 Å². The van der Waals surface area contributed by atoms with E-state index in [1.165, 1.54) is 0 Å². The Balaban J connectivity index is 1.77. The lowest BCUT2D eigenvalue weighted by molar-refractivity contribution is 0.119. The summed E-state index contributed by atoms with van der Waals surface area (Å²) in [5.41, 5.74) is 3.88. The summed E-state index contributed by atoms with van der Waals surface area (Å²) in [6.07, 6.45) is 12.7. The van der Waals surface area contributed by atoms with E-state index < -0.39 is 0 Å². The molecule has 1 fully saturated rings. The Labute approximate surface area is 292 Å². The summed E-state index contributed by atoms with van der Waals surface area (Å²) < 4.78 is 0. The zero-order chi connectivity index (χ0) is 35.1. The fraction of sp³-hybridized carbons (Fsp3) is 0.650. The highest BCUT2D eigenvalue weighted by Gasteiger charge is 2.32. The van der Waals surface area contributed by atoms with Crippen molar-refractivity contribution in [1.29, 1.82) is 0 Å². The van der Waals surface area contributed by atoms with Gasteiger partial charge in [-0.2, -0.15) is 0 Å². The van der Waals surface area contributed by atoms with Crippen LogP contribution in [0.4, 0.5) is 32.3 Å². The molecule has 48 heavy (non-hydrogen) atoms. The Morgan fingerprint density at radius 3 is 1.23 bits per heavy atom.